The summed E-state index contributed by atoms with van der Waals surface area (Å²) in [6, 6.07) is 10.0. The first-order valence-corrected chi connectivity index (χ1v) is 9.26. The summed E-state index contributed by atoms with van der Waals surface area (Å²) in [6.07, 6.45) is 5.09. The zero-order chi connectivity index (χ0) is 18.1. The lowest BCUT2D eigenvalue weighted by molar-refractivity contribution is -0.130. The van der Waals surface area contributed by atoms with Crippen LogP contribution in [-0.4, -0.2) is 57.0 Å². The number of carbonyl (C=O) groups excluding carboxylic acids is 1. The average Bonchev–Trinajstić information content (AvgIpc) is 2.94. The lowest BCUT2D eigenvalue weighted by atomic mass is 9.95. The molecule has 4 rings (SSSR count). The molecule has 1 aromatic heterocycles. The minimum atomic E-state index is -0.581. The van der Waals surface area contributed by atoms with Gasteiger partial charge in [0.2, 0.25) is 5.91 Å². The number of H-pyrrole nitrogens is 1. The fraction of sp³-hybridized carbons (Fsp3) is 0.500. The minimum Gasteiger partial charge on any atom is -0.396 e. The van der Waals surface area contributed by atoms with E-state index >= 15 is 0 Å². The average molecular weight is 355 g/mol. The normalized spacial score (nSPS) is 30.1. The van der Waals surface area contributed by atoms with Crippen molar-refractivity contribution in [1.29, 1.82) is 0 Å². The Morgan fingerprint density at radius 2 is 2.15 bits per heavy atom. The molecule has 2 heterocycles. The molecule has 2 aromatic rings. The van der Waals surface area contributed by atoms with Gasteiger partial charge in [0.15, 0.2) is 0 Å². The molecule has 0 bridgehead atoms. The van der Waals surface area contributed by atoms with Crippen LogP contribution in [0.3, 0.4) is 0 Å². The van der Waals surface area contributed by atoms with Gasteiger partial charge in [-0.15, -0.1) is 0 Å². The van der Waals surface area contributed by atoms with Crippen LogP contribution in [0.25, 0.3) is 0 Å². The molecule has 6 nitrogen and oxygen atoms in total. The molecule has 3 N–H and O–H groups in total. The second-order valence-electron chi connectivity index (χ2n) is 7.54. The van der Waals surface area contributed by atoms with Crippen molar-refractivity contribution in [2.75, 3.05) is 19.7 Å². The van der Waals surface area contributed by atoms with E-state index in [2.05, 4.69) is 10.2 Å². The number of aromatic amines is 1. The van der Waals surface area contributed by atoms with Crippen LogP contribution in [0.1, 0.15) is 29.9 Å². The van der Waals surface area contributed by atoms with Gasteiger partial charge < -0.3 is 15.1 Å². The molecule has 4 atom stereocenters. The first kappa shape index (κ1) is 17.2. The van der Waals surface area contributed by atoms with E-state index in [0.29, 0.717) is 19.5 Å². The summed E-state index contributed by atoms with van der Waals surface area (Å²) in [4.78, 5) is 14.4. The summed E-state index contributed by atoms with van der Waals surface area (Å²) in [5.41, 5.74) is 1.85. The van der Waals surface area contributed by atoms with Crippen molar-refractivity contribution < 1.29 is 15.0 Å². The minimum absolute atomic E-state index is 0.0173. The zero-order valence-electron chi connectivity index (χ0n) is 14.7. The topological polar surface area (TPSA) is 89.5 Å². The molecule has 0 unspecified atom stereocenters. The largest absolute Gasteiger partial charge is 0.396 e. The number of aliphatic hydroxyl groups is 2. The van der Waals surface area contributed by atoms with Crippen LogP contribution in [-0.2, 0) is 11.2 Å². The third-order valence-electron chi connectivity index (χ3n) is 6.16. The van der Waals surface area contributed by atoms with Crippen molar-refractivity contribution in [3.8, 4) is 0 Å². The van der Waals surface area contributed by atoms with Gasteiger partial charge in [-0.1, -0.05) is 30.3 Å². The van der Waals surface area contributed by atoms with Crippen LogP contribution in [0.2, 0.25) is 0 Å². The lowest BCUT2D eigenvalue weighted by Crippen LogP contribution is -2.29. The number of carbonyl (C=O) groups is 1. The maximum Gasteiger partial charge on any atom is 0.222 e. The maximum atomic E-state index is 12.6. The van der Waals surface area contributed by atoms with Crippen LogP contribution in [0.5, 0.6) is 0 Å². The molecule has 2 fully saturated rings. The van der Waals surface area contributed by atoms with Gasteiger partial charge in [0.25, 0.3) is 0 Å². The molecule has 1 saturated carbocycles. The van der Waals surface area contributed by atoms with E-state index in [-0.39, 0.29) is 24.3 Å². The molecule has 1 amide bonds. The Hall–Kier alpha value is -2.18. The smallest absolute Gasteiger partial charge is 0.222 e. The van der Waals surface area contributed by atoms with E-state index in [1.54, 1.807) is 11.1 Å². The van der Waals surface area contributed by atoms with Gasteiger partial charge in [-0.05, 0) is 35.8 Å². The molecular formula is C20H25N3O3. The van der Waals surface area contributed by atoms with Gasteiger partial charge in [0.1, 0.15) is 0 Å². The monoisotopic (exact) mass is 355 g/mol. The van der Waals surface area contributed by atoms with E-state index in [1.165, 1.54) is 0 Å². The third-order valence-corrected chi connectivity index (χ3v) is 6.16. The number of likely N-dealkylation sites (tertiary alicyclic amines) is 1. The molecule has 1 aliphatic carbocycles. The Bertz CT molecular complexity index is 749. The van der Waals surface area contributed by atoms with Gasteiger partial charge in [0, 0.05) is 37.7 Å². The number of aryl methyl sites for hydroxylation is 1. The lowest BCUT2D eigenvalue weighted by Gasteiger charge is -2.16. The number of rotatable bonds is 6. The van der Waals surface area contributed by atoms with Gasteiger partial charge in [-0.3, -0.25) is 9.89 Å². The maximum absolute atomic E-state index is 12.6. The number of benzene rings is 1. The Kier molecular flexibility index (Phi) is 4.54. The summed E-state index contributed by atoms with van der Waals surface area (Å²) >= 11 is 0. The predicted octanol–water partition coefficient (Wildman–Crippen LogP) is 1.33. The van der Waals surface area contributed by atoms with Crippen molar-refractivity contribution >= 4 is 5.91 Å². The fourth-order valence-electron chi connectivity index (χ4n) is 4.77. The fourth-order valence-corrected chi connectivity index (χ4v) is 4.77. The molecule has 1 aromatic carbocycles. The van der Waals surface area contributed by atoms with E-state index in [0.717, 1.165) is 24.0 Å². The second-order valence-corrected chi connectivity index (χ2v) is 7.54. The van der Waals surface area contributed by atoms with Crippen molar-refractivity contribution in [3.05, 3.63) is 53.9 Å². The van der Waals surface area contributed by atoms with Crippen LogP contribution in [0.15, 0.2) is 42.7 Å². The van der Waals surface area contributed by atoms with Crippen molar-refractivity contribution in [3.63, 3.8) is 0 Å². The quantitative estimate of drug-likeness (QED) is 0.729. The standard InChI is InChI=1S/C20H25N3O3/c24-12-16-19(15-6-2-1-3-7-15)20(16)13-23(11-17(20)25)18(26)8-4-5-14-9-21-22-10-14/h1-3,6-7,9-10,16-17,19,24-25H,4-5,8,11-13H2,(H,21,22)/t16-,17-,19-,20-/m1/s1. The Balaban J connectivity index is 1.40. The summed E-state index contributed by atoms with van der Waals surface area (Å²) in [6.45, 7) is 0.938. The molecule has 0 radical (unpaired) electrons. The van der Waals surface area contributed by atoms with Crippen LogP contribution in [0, 0.1) is 11.3 Å². The number of hydrogen-bond acceptors (Lipinski definition) is 4. The number of aromatic nitrogens is 2. The van der Waals surface area contributed by atoms with Crippen LogP contribution >= 0.6 is 0 Å². The van der Waals surface area contributed by atoms with E-state index < -0.39 is 11.5 Å². The number of hydrogen-bond donors (Lipinski definition) is 3. The summed E-state index contributed by atoms with van der Waals surface area (Å²) < 4.78 is 0. The van der Waals surface area contributed by atoms with E-state index in [4.69, 9.17) is 0 Å². The molecule has 138 valence electrons. The van der Waals surface area contributed by atoms with Gasteiger partial charge in [-0.2, -0.15) is 5.10 Å². The number of nitrogens with one attached hydrogen (secondary N) is 1. The highest BCUT2D eigenvalue weighted by Gasteiger charge is 2.71. The van der Waals surface area contributed by atoms with Crippen molar-refractivity contribution in [2.24, 2.45) is 11.3 Å². The van der Waals surface area contributed by atoms with Crippen molar-refractivity contribution in [1.82, 2.24) is 15.1 Å². The summed E-state index contributed by atoms with van der Waals surface area (Å²) in [5.74, 6) is 0.218. The first-order valence-electron chi connectivity index (χ1n) is 9.26. The molecule has 1 saturated heterocycles. The van der Waals surface area contributed by atoms with Crippen molar-refractivity contribution in [2.45, 2.75) is 31.3 Å². The molecule has 26 heavy (non-hydrogen) atoms. The van der Waals surface area contributed by atoms with E-state index in [1.807, 2.05) is 36.5 Å². The summed E-state index contributed by atoms with van der Waals surface area (Å²) in [7, 11) is 0. The zero-order valence-corrected chi connectivity index (χ0v) is 14.7. The van der Waals surface area contributed by atoms with Gasteiger partial charge in [-0.25, -0.2) is 0 Å². The highest BCUT2D eigenvalue weighted by atomic mass is 16.3. The van der Waals surface area contributed by atoms with Crippen LogP contribution < -0.4 is 0 Å². The second kappa shape index (κ2) is 6.85. The number of amides is 1. The number of aliphatic hydroxyl groups excluding tert-OH is 2. The highest BCUT2D eigenvalue weighted by Crippen LogP contribution is 2.68. The molecule has 1 spiro atoms. The van der Waals surface area contributed by atoms with E-state index in [9.17, 15) is 15.0 Å². The third kappa shape index (κ3) is 2.83. The Morgan fingerprint density at radius 1 is 1.35 bits per heavy atom. The van der Waals surface area contributed by atoms with Gasteiger partial charge >= 0.3 is 0 Å². The molecule has 6 heteroatoms. The Morgan fingerprint density at radius 3 is 2.85 bits per heavy atom. The highest BCUT2D eigenvalue weighted by molar-refractivity contribution is 5.77. The summed E-state index contributed by atoms with van der Waals surface area (Å²) in [5, 5.41) is 27.2. The first-order chi connectivity index (χ1) is 12.7. The molecule has 2 aliphatic rings. The Labute approximate surface area is 152 Å². The number of nitrogens with zero attached hydrogens (tertiary/aromatic N) is 2. The van der Waals surface area contributed by atoms with Crippen LogP contribution in [0.4, 0.5) is 0 Å². The SMILES string of the molecule is O=C(CCCc1cn[nH]c1)N1C[C@@H](O)[C@@]2(C1)[C@H](CO)[C@H]2c1ccccc1. The predicted molar refractivity (Wildman–Crippen MR) is 96.3 cm³/mol. The number of β-amino-alcohol motifs (C(OH)–C–C–N with tert-alkyl or cyclic N) is 1. The molecular weight excluding hydrogens is 330 g/mol. The van der Waals surface area contributed by atoms with Gasteiger partial charge in [0.05, 0.1) is 12.3 Å². The molecule has 1 aliphatic heterocycles.